The van der Waals surface area contributed by atoms with Gasteiger partial charge < -0.3 is 14.4 Å². The second kappa shape index (κ2) is 8.82. The molecular weight excluding hydrogens is 426 g/mol. The van der Waals surface area contributed by atoms with E-state index < -0.39 is 28.8 Å². The summed E-state index contributed by atoms with van der Waals surface area (Å²) in [5.74, 6) is -1.35. The smallest absolute Gasteiger partial charge is 0.331 e. The highest BCUT2D eigenvalue weighted by molar-refractivity contribution is 8.01. The quantitative estimate of drug-likeness (QED) is 0.377. The number of nitrogens with zero attached hydrogens (tertiary/aromatic N) is 1. The number of benzene rings is 2. The molecule has 2 atom stereocenters. The highest BCUT2D eigenvalue weighted by atomic mass is 32.2. The summed E-state index contributed by atoms with van der Waals surface area (Å²) in [6.07, 6.45) is 0.649. The summed E-state index contributed by atoms with van der Waals surface area (Å²) >= 11 is 1.47. The summed E-state index contributed by atoms with van der Waals surface area (Å²) in [6, 6.07) is 18.3. The lowest BCUT2D eigenvalue weighted by Gasteiger charge is -2.39. The molecule has 0 aliphatic carbocycles. The Hall–Kier alpha value is -3.06. The van der Waals surface area contributed by atoms with Gasteiger partial charge in [0.05, 0.1) is 12.2 Å². The lowest BCUT2D eigenvalue weighted by Crippen LogP contribution is -2.59. The monoisotopic (exact) mass is 451 g/mol. The minimum atomic E-state index is -0.765. The predicted octanol–water partition coefficient (Wildman–Crippen LogP) is 3.87. The van der Waals surface area contributed by atoms with E-state index in [4.69, 9.17) is 9.47 Å². The topological polar surface area (TPSA) is 72.9 Å². The number of carbonyl (C=O) groups is 3. The summed E-state index contributed by atoms with van der Waals surface area (Å²) < 4.78 is 10.4. The van der Waals surface area contributed by atoms with Crippen LogP contribution < -0.4 is 0 Å². The van der Waals surface area contributed by atoms with Gasteiger partial charge in [-0.25, -0.2) is 9.59 Å². The molecular formula is C25H25NO5S. The lowest BCUT2D eigenvalue weighted by molar-refractivity contribution is -0.160. The number of carbonyl (C=O) groups excluding carboxylic acids is 3. The average Bonchev–Trinajstić information content (AvgIpc) is 3.05. The molecule has 0 unspecified atom stereocenters. The zero-order chi connectivity index (χ0) is 22.9. The van der Waals surface area contributed by atoms with Crippen molar-refractivity contribution >= 4 is 29.6 Å². The first kappa shape index (κ1) is 22.1. The second-order valence-electron chi connectivity index (χ2n) is 8.18. The molecule has 0 saturated carbocycles. The van der Waals surface area contributed by atoms with Crippen LogP contribution in [-0.2, 0) is 23.9 Å². The molecule has 6 nitrogen and oxygen atoms in total. The molecule has 2 aliphatic heterocycles. The number of fused-ring (bicyclic) bond motifs is 1. The third-order valence-corrected chi connectivity index (χ3v) is 7.11. The first-order valence-electron chi connectivity index (χ1n) is 10.5. The van der Waals surface area contributed by atoms with Crippen LogP contribution in [0, 0.1) is 0 Å². The third-order valence-electron chi connectivity index (χ3n) is 5.57. The van der Waals surface area contributed by atoms with Crippen molar-refractivity contribution in [2.24, 2.45) is 0 Å². The Labute approximate surface area is 191 Å². The average molecular weight is 452 g/mol. The molecule has 0 radical (unpaired) electrons. The zero-order valence-corrected chi connectivity index (χ0v) is 19.0. The van der Waals surface area contributed by atoms with E-state index >= 15 is 0 Å². The first-order valence-corrected chi connectivity index (χ1v) is 11.4. The number of amides is 1. The normalized spacial score (nSPS) is 22.4. The maximum absolute atomic E-state index is 13.4. The minimum Gasteiger partial charge on any atom is -0.463 e. The van der Waals surface area contributed by atoms with Gasteiger partial charge in [0.1, 0.15) is 11.4 Å². The van der Waals surface area contributed by atoms with Gasteiger partial charge in [-0.1, -0.05) is 60.7 Å². The fraction of sp³-hybridized carbons (Fsp3) is 0.320. The highest BCUT2D eigenvalue weighted by Gasteiger charge is 2.62. The molecule has 7 heteroatoms. The van der Waals surface area contributed by atoms with Gasteiger partial charge in [-0.2, -0.15) is 0 Å². The molecule has 2 saturated heterocycles. The molecule has 0 spiro atoms. The molecule has 2 fully saturated rings. The lowest BCUT2D eigenvalue weighted by atomic mass is 9.95. The Morgan fingerprint density at radius 2 is 1.62 bits per heavy atom. The van der Waals surface area contributed by atoms with Crippen LogP contribution in [0.5, 0.6) is 0 Å². The number of thioether (sulfide) groups is 1. The van der Waals surface area contributed by atoms with E-state index in [1.54, 1.807) is 6.92 Å². The third kappa shape index (κ3) is 4.05. The minimum absolute atomic E-state index is 0.235. The number of hydrogen-bond donors (Lipinski definition) is 0. The van der Waals surface area contributed by atoms with Gasteiger partial charge in [0.15, 0.2) is 6.10 Å². The van der Waals surface area contributed by atoms with Gasteiger partial charge in [-0.15, -0.1) is 11.8 Å². The SMILES string of the molecule is CCOC(=O)/C=C1/C(=O)N2[C@@H]1SC(C)(C)[C@@H]2C(=O)OC(c1ccccc1)c1ccccc1. The molecule has 0 N–H and O–H groups in total. The van der Waals surface area contributed by atoms with Crippen molar-refractivity contribution in [2.45, 2.75) is 43.0 Å². The van der Waals surface area contributed by atoms with E-state index in [1.807, 2.05) is 74.5 Å². The van der Waals surface area contributed by atoms with Crippen LogP contribution in [0.2, 0.25) is 0 Å². The van der Waals surface area contributed by atoms with Gasteiger partial charge in [-0.3, -0.25) is 4.79 Å². The summed E-state index contributed by atoms with van der Waals surface area (Å²) in [6.45, 7) is 5.77. The van der Waals surface area contributed by atoms with E-state index in [-0.39, 0.29) is 17.9 Å². The molecule has 2 aromatic carbocycles. The Morgan fingerprint density at radius 3 is 2.16 bits per heavy atom. The van der Waals surface area contributed by atoms with Crippen LogP contribution in [-0.4, -0.2) is 45.5 Å². The fourth-order valence-electron chi connectivity index (χ4n) is 4.11. The Morgan fingerprint density at radius 1 is 1.06 bits per heavy atom. The van der Waals surface area contributed by atoms with Crippen LogP contribution in [0.1, 0.15) is 38.0 Å². The standard InChI is InChI=1S/C25H25NO5S/c1-4-30-19(27)15-18-22(28)26-21(25(2,3)32-23(18)26)24(29)31-20(16-11-7-5-8-12-16)17-13-9-6-10-14-17/h5-15,20-21,23H,4H2,1-3H3/b18-15-/t21-,23+/m0/s1. The summed E-state index contributed by atoms with van der Waals surface area (Å²) in [5.41, 5.74) is 2.06. The van der Waals surface area contributed by atoms with Crippen molar-refractivity contribution < 1.29 is 23.9 Å². The van der Waals surface area contributed by atoms with E-state index in [0.717, 1.165) is 11.1 Å². The van der Waals surface area contributed by atoms with E-state index in [9.17, 15) is 14.4 Å². The summed E-state index contributed by atoms with van der Waals surface area (Å²) in [4.78, 5) is 39.6. The molecule has 4 rings (SSSR count). The summed E-state index contributed by atoms with van der Waals surface area (Å²) in [7, 11) is 0. The van der Waals surface area contributed by atoms with Crippen LogP contribution in [0.3, 0.4) is 0 Å². The fourth-order valence-corrected chi connectivity index (χ4v) is 5.65. The summed E-state index contributed by atoms with van der Waals surface area (Å²) in [5, 5.41) is -0.369. The van der Waals surface area contributed by atoms with E-state index in [1.165, 1.54) is 22.7 Å². The van der Waals surface area contributed by atoms with Crippen molar-refractivity contribution in [3.63, 3.8) is 0 Å². The van der Waals surface area contributed by atoms with Crippen LogP contribution in [0.4, 0.5) is 0 Å². The van der Waals surface area contributed by atoms with Gasteiger partial charge in [-0.05, 0) is 31.9 Å². The highest BCUT2D eigenvalue weighted by Crippen LogP contribution is 2.53. The van der Waals surface area contributed by atoms with E-state index in [2.05, 4.69) is 0 Å². The number of esters is 2. The predicted molar refractivity (Wildman–Crippen MR) is 122 cm³/mol. The Bertz CT molecular complexity index is 1010. The molecule has 2 aliphatic rings. The molecule has 0 aromatic heterocycles. The van der Waals surface area contributed by atoms with E-state index in [0.29, 0.717) is 5.57 Å². The Balaban J connectivity index is 1.60. The van der Waals surface area contributed by atoms with Crippen molar-refractivity contribution in [1.82, 2.24) is 4.90 Å². The number of β-lactam (4-membered cyclic amide) rings is 1. The maximum Gasteiger partial charge on any atom is 0.331 e. The largest absolute Gasteiger partial charge is 0.463 e. The van der Waals surface area contributed by atoms with Crippen molar-refractivity contribution in [3.8, 4) is 0 Å². The van der Waals surface area contributed by atoms with Gasteiger partial charge in [0.25, 0.3) is 5.91 Å². The number of hydrogen-bond acceptors (Lipinski definition) is 6. The molecule has 2 heterocycles. The number of rotatable bonds is 6. The van der Waals surface area contributed by atoms with Crippen molar-refractivity contribution in [1.29, 1.82) is 0 Å². The van der Waals surface area contributed by atoms with Crippen LogP contribution in [0.15, 0.2) is 72.3 Å². The number of ether oxygens (including phenoxy) is 2. The van der Waals surface area contributed by atoms with Gasteiger partial charge in [0, 0.05) is 10.8 Å². The second-order valence-corrected chi connectivity index (χ2v) is 9.91. The van der Waals surface area contributed by atoms with Crippen LogP contribution >= 0.6 is 11.8 Å². The molecule has 166 valence electrons. The first-order chi connectivity index (χ1) is 15.3. The van der Waals surface area contributed by atoms with Crippen LogP contribution in [0.25, 0.3) is 0 Å². The zero-order valence-electron chi connectivity index (χ0n) is 18.2. The molecule has 2 aromatic rings. The molecule has 0 bridgehead atoms. The van der Waals surface area contributed by atoms with Gasteiger partial charge >= 0.3 is 11.9 Å². The van der Waals surface area contributed by atoms with Crippen molar-refractivity contribution in [3.05, 3.63) is 83.4 Å². The molecule has 1 amide bonds. The van der Waals surface area contributed by atoms with Gasteiger partial charge in [0.2, 0.25) is 0 Å². The van der Waals surface area contributed by atoms with Crippen molar-refractivity contribution in [2.75, 3.05) is 6.61 Å². The Kier molecular flexibility index (Phi) is 6.11. The molecule has 32 heavy (non-hydrogen) atoms. The maximum atomic E-state index is 13.4.